The number of rotatable bonds is 3. The second-order valence-electron chi connectivity index (χ2n) is 1.53. The zero-order chi connectivity index (χ0) is 8.41. The van der Waals surface area contributed by atoms with E-state index in [1.54, 1.807) is 6.92 Å². The SMILES string of the molecule is CCC(=O)O.CCOCC. The van der Waals surface area contributed by atoms with Gasteiger partial charge in [-0.2, -0.15) is 0 Å². The number of ether oxygens (including phenoxy) is 1. The Morgan fingerprint density at radius 3 is 1.60 bits per heavy atom. The Kier molecular flexibility index (Phi) is 13.7. The number of carboxylic acids is 1. The first-order chi connectivity index (χ1) is 4.68. The molecule has 0 saturated heterocycles. The van der Waals surface area contributed by atoms with Crippen LogP contribution in [0, 0.1) is 0 Å². The van der Waals surface area contributed by atoms with E-state index >= 15 is 0 Å². The smallest absolute Gasteiger partial charge is 0.303 e. The molecule has 0 radical (unpaired) electrons. The van der Waals surface area contributed by atoms with Gasteiger partial charge >= 0.3 is 5.97 Å². The molecule has 62 valence electrons. The number of aliphatic carboxylic acids is 1. The van der Waals surface area contributed by atoms with Gasteiger partial charge in [-0.3, -0.25) is 4.79 Å². The molecule has 0 unspecified atom stereocenters. The number of carboxylic acid groups (broad SMARTS) is 1. The van der Waals surface area contributed by atoms with Gasteiger partial charge in [0.25, 0.3) is 0 Å². The van der Waals surface area contributed by atoms with Crippen LogP contribution in [0.2, 0.25) is 0 Å². The highest BCUT2D eigenvalue weighted by Crippen LogP contribution is 1.67. The van der Waals surface area contributed by atoms with Crippen molar-refractivity contribution in [1.29, 1.82) is 0 Å². The van der Waals surface area contributed by atoms with Gasteiger partial charge in [0.05, 0.1) is 0 Å². The van der Waals surface area contributed by atoms with E-state index in [9.17, 15) is 4.79 Å². The molecule has 0 heterocycles. The Hall–Kier alpha value is -0.570. The highest BCUT2D eigenvalue weighted by molar-refractivity contribution is 5.66. The van der Waals surface area contributed by atoms with E-state index in [0.29, 0.717) is 0 Å². The van der Waals surface area contributed by atoms with Gasteiger partial charge in [-0.15, -0.1) is 0 Å². The van der Waals surface area contributed by atoms with E-state index in [0.717, 1.165) is 13.2 Å². The summed E-state index contributed by atoms with van der Waals surface area (Å²) in [5.74, 6) is -0.745. The fraction of sp³-hybridized carbons (Fsp3) is 0.857. The predicted octanol–water partition coefficient (Wildman–Crippen LogP) is 1.52. The van der Waals surface area contributed by atoms with Crippen molar-refractivity contribution in [3.63, 3.8) is 0 Å². The number of hydrogen-bond donors (Lipinski definition) is 1. The van der Waals surface area contributed by atoms with Crippen LogP contribution in [-0.2, 0) is 9.53 Å². The van der Waals surface area contributed by atoms with Crippen LogP contribution >= 0.6 is 0 Å². The third kappa shape index (κ3) is 26.1. The summed E-state index contributed by atoms with van der Waals surface area (Å²) in [6, 6.07) is 0. The van der Waals surface area contributed by atoms with E-state index in [1.807, 2.05) is 13.8 Å². The zero-order valence-electron chi connectivity index (χ0n) is 6.89. The van der Waals surface area contributed by atoms with Crippen molar-refractivity contribution in [2.45, 2.75) is 27.2 Å². The van der Waals surface area contributed by atoms with Crippen molar-refractivity contribution in [1.82, 2.24) is 0 Å². The number of hydrogen-bond acceptors (Lipinski definition) is 2. The molecule has 0 spiro atoms. The third-order valence-electron chi connectivity index (χ3n) is 0.711. The second kappa shape index (κ2) is 11.3. The maximum absolute atomic E-state index is 9.37. The lowest BCUT2D eigenvalue weighted by molar-refractivity contribution is -0.136. The van der Waals surface area contributed by atoms with Crippen molar-refractivity contribution in [2.24, 2.45) is 0 Å². The van der Waals surface area contributed by atoms with Gasteiger partial charge in [0.2, 0.25) is 0 Å². The molecule has 0 aromatic rings. The molecule has 10 heavy (non-hydrogen) atoms. The van der Waals surface area contributed by atoms with Crippen molar-refractivity contribution < 1.29 is 14.6 Å². The zero-order valence-corrected chi connectivity index (χ0v) is 6.89. The van der Waals surface area contributed by atoms with Gasteiger partial charge in [-0.1, -0.05) is 6.92 Å². The van der Waals surface area contributed by atoms with E-state index in [2.05, 4.69) is 0 Å². The highest BCUT2D eigenvalue weighted by atomic mass is 16.5. The molecule has 0 saturated carbocycles. The quantitative estimate of drug-likeness (QED) is 0.660. The molecule has 0 bridgehead atoms. The van der Waals surface area contributed by atoms with Crippen LogP contribution in [0.25, 0.3) is 0 Å². The first kappa shape index (κ1) is 12.1. The monoisotopic (exact) mass is 148 g/mol. The summed E-state index contributed by atoms with van der Waals surface area (Å²) >= 11 is 0. The summed E-state index contributed by atoms with van der Waals surface area (Å²) in [4.78, 5) is 9.37. The first-order valence-corrected chi connectivity index (χ1v) is 3.48. The molecule has 3 heteroatoms. The molecule has 0 aliphatic carbocycles. The minimum Gasteiger partial charge on any atom is -0.481 e. The number of carbonyl (C=O) groups is 1. The van der Waals surface area contributed by atoms with Crippen molar-refractivity contribution in [3.05, 3.63) is 0 Å². The maximum Gasteiger partial charge on any atom is 0.303 e. The molecule has 0 rings (SSSR count). The van der Waals surface area contributed by atoms with Crippen LogP contribution in [0.1, 0.15) is 27.2 Å². The Morgan fingerprint density at radius 2 is 1.60 bits per heavy atom. The van der Waals surface area contributed by atoms with Gasteiger partial charge in [0, 0.05) is 19.6 Å². The molecule has 3 nitrogen and oxygen atoms in total. The molecular formula is C7H16O3. The summed E-state index contributed by atoms with van der Waals surface area (Å²) in [6.07, 6.45) is 0.222. The van der Waals surface area contributed by atoms with Crippen LogP contribution < -0.4 is 0 Å². The van der Waals surface area contributed by atoms with Gasteiger partial charge in [-0.25, -0.2) is 0 Å². The van der Waals surface area contributed by atoms with Crippen molar-refractivity contribution in [3.8, 4) is 0 Å². The lowest BCUT2D eigenvalue weighted by Gasteiger charge is -1.86. The van der Waals surface area contributed by atoms with Gasteiger partial charge in [-0.05, 0) is 13.8 Å². The summed E-state index contributed by atoms with van der Waals surface area (Å²) in [5, 5.41) is 7.72. The highest BCUT2D eigenvalue weighted by Gasteiger charge is 1.80. The van der Waals surface area contributed by atoms with Gasteiger partial charge < -0.3 is 9.84 Å². The van der Waals surface area contributed by atoms with Crippen molar-refractivity contribution >= 4 is 5.97 Å². The Morgan fingerprint density at radius 1 is 1.30 bits per heavy atom. The molecular weight excluding hydrogens is 132 g/mol. The third-order valence-corrected chi connectivity index (χ3v) is 0.711. The summed E-state index contributed by atoms with van der Waals surface area (Å²) in [7, 11) is 0. The molecule has 0 atom stereocenters. The van der Waals surface area contributed by atoms with Crippen LogP contribution in [0.3, 0.4) is 0 Å². The average Bonchev–Trinajstić information content (AvgIpc) is 1.91. The minimum atomic E-state index is -0.745. The summed E-state index contributed by atoms with van der Waals surface area (Å²) in [5.41, 5.74) is 0. The Balaban J connectivity index is 0. The largest absolute Gasteiger partial charge is 0.481 e. The molecule has 0 aliphatic heterocycles. The van der Waals surface area contributed by atoms with Crippen LogP contribution in [-0.4, -0.2) is 24.3 Å². The molecule has 0 aromatic carbocycles. The standard InChI is InChI=1S/C4H10O.C3H6O2/c1-3-5-4-2;1-2-3(4)5/h3-4H2,1-2H3;2H2,1H3,(H,4,5). The van der Waals surface area contributed by atoms with Gasteiger partial charge in [0.1, 0.15) is 0 Å². The maximum atomic E-state index is 9.37. The average molecular weight is 148 g/mol. The minimum absolute atomic E-state index is 0.222. The first-order valence-electron chi connectivity index (χ1n) is 3.48. The molecule has 0 aliphatic rings. The second-order valence-corrected chi connectivity index (χ2v) is 1.53. The van der Waals surface area contributed by atoms with Gasteiger partial charge in [0.15, 0.2) is 0 Å². The van der Waals surface area contributed by atoms with E-state index < -0.39 is 5.97 Å². The van der Waals surface area contributed by atoms with Crippen LogP contribution in [0.5, 0.6) is 0 Å². The van der Waals surface area contributed by atoms with Crippen molar-refractivity contribution in [2.75, 3.05) is 13.2 Å². The Bertz CT molecular complexity index is 69.3. The predicted molar refractivity (Wildman–Crippen MR) is 40.1 cm³/mol. The fourth-order valence-electron chi connectivity index (χ4n) is 0.204. The van der Waals surface area contributed by atoms with E-state index in [-0.39, 0.29) is 6.42 Å². The summed E-state index contributed by atoms with van der Waals surface area (Å²) < 4.78 is 4.83. The molecule has 0 fully saturated rings. The topological polar surface area (TPSA) is 46.5 Å². The van der Waals surface area contributed by atoms with E-state index in [1.165, 1.54) is 0 Å². The van der Waals surface area contributed by atoms with Crippen LogP contribution in [0.15, 0.2) is 0 Å². The Labute approximate surface area is 62.0 Å². The normalized spacial score (nSPS) is 7.90. The molecule has 0 aromatic heterocycles. The lowest BCUT2D eigenvalue weighted by Crippen LogP contribution is -1.86. The summed E-state index contributed by atoms with van der Waals surface area (Å²) in [6.45, 7) is 7.27. The van der Waals surface area contributed by atoms with Crippen LogP contribution in [0.4, 0.5) is 0 Å². The fourth-order valence-corrected chi connectivity index (χ4v) is 0.204. The molecule has 0 amide bonds. The molecule has 1 N–H and O–H groups in total. The lowest BCUT2D eigenvalue weighted by atomic mass is 10.5. The van der Waals surface area contributed by atoms with E-state index in [4.69, 9.17) is 9.84 Å².